The predicted octanol–water partition coefficient (Wildman–Crippen LogP) is 2.03. The SMILES string of the molecule is Cc1nc(-c2ccccn2)ccc1N. The molecule has 0 radical (unpaired) electrons. The van der Waals surface area contributed by atoms with Gasteiger partial charge in [0.05, 0.1) is 22.8 Å². The Morgan fingerprint density at radius 3 is 2.57 bits per heavy atom. The zero-order valence-corrected chi connectivity index (χ0v) is 7.94. The second-order valence-electron chi connectivity index (χ2n) is 3.09. The summed E-state index contributed by atoms with van der Waals surface area (Å²) < 4.78 is 0. The van der Waals surface area contributed by atoms with Gasteiger partial charge in [0, 0.05) is 6.20 Å². The topological polar surface area (TPSA) is 51.8 Å². The van der Waals surface area contributed by atoms with Crippen molar-refractivity contribution in [2.75, 3.05) is 5.73 Å². The van der Waals surface area contributed by atoms with Crippen LogP contribution < -0.4 is 5.73 Å². The number of rotatable bonds is 1. The molecule has 2 aromatic rings. The number of nitrogen functional groups attached to an aromatic ring is 1. The Morgan fingerprint density at radius 2 is 1.93 bits per heavy atom. The molecule has 0 saturated heterocycles. The van der Waals surface area contributed by atoms with Crippen molar-refractivity contribution in [3.63, 3.8) is 0 Å². The molecule has 2 aromatic heterocycles. The van der Waals surface area contributed by atoms with Crippen LogP contribution in [-0.2, 0) is 0 Å². The third-order valence-electron chi connectivity index (χ3n) is 2.05. The molecular weight excluding hydrogens is 174 g/mol. The van der Waals surface area contributed by atoms with Crippen LogP contribution in [0.5, 0.6) is 0 Å². The van der Waals surface area contributed by atoms with Crippen LogP contribution in [0.2, 0.25) is 0 Å². The summed E-state index contributed by atoms with van der Waals surface area (Å²) in [6, 6.07) is 9.48. The minimum absolute atomic E-state index is 0.713. The summed E-state index contributed by atoms with van der Waals surface area (Å²) in [5, 5.41) is 0. The Morgan fingerprint density at radius 1 is 1.07 bits per heavy atom. The second kappa shape index (κ2) is 3.46. The van der Waals surface area contributed by atoms with Gasteiger partial charge in [0.15, 0.2) is 0 Å². The van der Waals surface area contributed by atoms with Gasteiger partial charge in [-0.2, -0.15) is 0 Å². The average molecular weight is 185 g/mol. The molecular formula is C11H11N3. The minimum atomic E-state index is 0.713. The van der Waals surface area contributed by atoms with Crippen LogP contribution in [0.1, 0.15) is 5.69 Å². The maximum absolute atomic E-state index is 5.68. The van der Waals surface area contributed by atoms with E-state index in [1.807, 2.05) is 37.3 Å². The van der Waals surface area contributed by atoms with Gasteiger partial charge in [0.25, 0.3) is 0 Å². The number of anilines is 1. The highest BCUT2D eigenvalue weighted by Gasteiger charge is 2.01. The van der Waals surface area contributed by atoms with Crippen molar-refractivity contribution in [3.05, 3.63) is 42.2 Å². The maximum Gasteiger partial charge on any atom is 0.0890 e. The van der Waals surface area contributed by atoms with Crippen molar-refractivity contribution in [1.82, 2.24) is 9.97 Å². The summed E-state index contributed by atoms with van der Waals surface area (Å²) in [4.78, 5) is 8.57. The highest BCUT2D eigenvalue weighted by Crippen LogP contribution is 2.16. The van der Waals surface area contributed by atoms with Crippen LogP contribution in [-0.4, -0.2) is 9.97 Å². The first-order valence-electron chi connectivity index (χ1n) is 4.42. The summed E-state index contributed by atoms with van der Waals surface area (Å²) in [5.41, 5.74) is 8.97. The number of pyridine rings is 2. The highest BCUT2D eigenvalue weighted by atomic mass is 14.8. The lowest BCUT2D eigenvalue weighted by molar-refractivity contribution is 1.18. The molecule has 0 unspecified atom stereocenters. The lowest BCUT2D eigenvalue weighted by Gasteiger charge is -2.02. The van der Waals surface area contributed by atoms with Gasteiger partial charge < -0.3 is 5.73 Å². The zero-order valence-electron chi connectivity index (χ0n) is 7.94. The number of hydrogen-bond donors (Lipinski definition) is 1. The molecule has 0 spiro atoms. The van der Waals surface area contributed by atoms with E-state index >= 15 is 0 Å². The van der Waals surface area contributed by atoms with Crippen LogP contribution in [0.3, 0.4) is 0 Å². The fourth-order valence-electron chi connectivity index (χ4n) is 1.23. The van der Waals surface area contributed by atoms with E-state index in [1.54, 1.807) is 6.20 Å². The lowest BCUT2D eigenvalue weighted by Crippen LogP contribution is -1.94. The summed E-state index contributed by atoms with van der Waals surface area (Å²) in [6.07, 6.45) is 1.75. The molecule has 0 aliphatic rings. The molecule has 2 heterocycles. The summed E-state index contributed by atoms with van der Waals surface area (Å²) in [6.45, 7) is 1.89. The summed E-state index contributed by atoms with van der Waals surface area (Å²) >= 11 is 0. The smallest absolute Gasteiger partial charge is 0.0890 e. The molecule has 2 rings (SSSR count). The van der Waals surface area contributed by atoms with Gasteiger partial charge in [0.1, 0.15) is 0 Å². The number of aryl methyl sites for hydroxylation is 1. The Balaban J connectivity index is 2.48. The monoisotopic (exact) mass is 185 g/mol. The van der Waals surface area contributed by atoms with E-state index in [0.29, 0.717) is 5.69 Å². The maximum atomic E-state index is 5.68. The van der Waals surface area contributed by atoms with Crippen molar-refractivity contribution in [1.29, 1.82) is 0 Å². The van der Waals surface area contributed by atoms with Crippen molar-refractivity contribution >= 4 is 5.69 Å². The van der Waals surface area contributed by atoms with Crippen LogP contribution in [0.15, 0.2) is 36.5 Å². The molecule has 70 valence electrons. The third-order valence-corrected chi connectivity index (χ3v) is 2.05. The van der Waals surface area contributed by atoms with Crippen LogP contribution >= 0.6 is 0 Å². The quantitative estimate of drug-likeness (QED) is 0.739. The van der Waals surface area contributed by atoms with E-state index in [2.05, 4.69) is 9.97 Å². The lowest BCUT2D eigenvalue weighted by atomic mass is 10.2. The third kappa shape index (κ3) is 1.57. The molecule has 0 aromatic carbocycles. The van der Waals surface area contributed by atoms with Crippen LogP contribution in [0, 0.1) is 6.92 Å². The zero-order chi connectivity index (χ0) is 9.97. The Labute approximate surface area is 82.6 Å². The molecule has 0 aliphatic carbocycles. The summed E-state index contributed by atoms with van der Waals surface area (Å²) in [5.74, 6) is 0. The molecule has 0 saturated carbocycles. The first kappa shape index (κ1) is 8.69. The fraction of sp³-hybridized carbons (Fsp3) is 0.0909. The molecule has 2 N–H and O–H groups in total. The summed E-state index contributed by atoms with van der Waals surface area (Å²) in [7, 11) is 0. The standard InChI is InChI=1S/C11H11N3/c1-8-9(12)5-6-11(14-8)10-4-2-3-7-13-10/h2-7H,12H2,1H3. The molecule has 0 fully saturated rings. The Hall–Kier alpha value is -1.90. The highest BCUT2D eigenvalue weighted by molar-refractivity contribution is 5.57. The van der Waals surface area contributed by atoms with Gasteiger partial charge in [-0.05, 0) is 31.2 Å². The molecule has 0 aliphatic heterocycles. The number of hydrogen-bond acceptors (Lipinski definition) is 3. The Kier molecular flexibility index (Phi) is 2.14. The fourth-order valence-corrected chi connectivity index (χ4v) is 1.23. The molecule has 14 heavy (non-hydrogen) atoms. The van der Waals surface area contributed by atoms with Crippen LogP contribution in [0.4, 0.5) is 5.69 Å². The van der Waals surface area contributed by atoms with Gasteiger partial charge in [-0.1, -0.05) is 6.07 Å². The van der Waals surface area contributed by atoms with E-state index in [-0.39, 0.29) is 0 Å². The molecule has 0 bridgehead atoms. The van der Waals surface area contributed by atoms with Gasteiger partial charge in [-0.3, -0.25) is 4.98 Å². The van der Waals surface area contributed by atoms with E-state index in [9.17, 15) is 0 Å². The minimum Gasteiger partial charge on any atom is -0.397 e. The molecule has 3 nitrogen and oxygen atoms in total. The first-order chi connectivity index (χ1) is 6.77. The largest absolute Gasteiger partial charge is 0.397 e. The van der Waals surface area contributed by atoms with Crippen molar-refractivity contribution in [3.8, 4) is 11.4 Å². The van der Waals surface area contributed by atoms with Crippen molar-refractivity contribution in [2.45, 2.75) is 6.92 Å². The van der Waals surface area contributed by atoms with E-state index in [0.717, 1.165) is 17.1 Å². The van der Waals surface area contributed by atoms with E-state index < -0.39 is 0 Å². The van der Waals surface area contributed by atoms with Gasteiger partial charge in [-0.25, -0.2) is 4.98 Å². The van der Waals surface area contributed by atoms with Gasteiger partial charge in [0.2, 0.25) is 0 Å². The number of nitrogens with two attached hydrogens (primary N) is 1. The number of nitrogens with zero attached hydrogens (tertiary/aromatic N) is 2. The predicted molar refractivity (Wildman–Crippen MR) is 56.6 cm³/mol. The van der Waals surface area contributed by atoms with E-state index in [1.165, 1.54) is 0 Å². The van der Waals surface area contributed by atoms with Crippen LogP contribution in [0.25, 0.3) is 11.4 Å². The normalized spacial score (nSPS) is 10.1. The van der Waals surface area contributed by atoms with Gasteiger partial charge in [-0.15, -0.1) is 0 Å². The van der Waals surface area contributed by atoms with Crippen molar-refractivity contribution < 1.29 is 0 Å². The van der Waals surface area contributed by atoms with Gasteiger partial charge >= 0.3 is 0 Å². The van der Waals surface area contributed by atoms with E-state index in [4.69, 9.17) is 5.73 Å². The average Bonchev–Trinajstić information content (AvgIpc) is 2.23. The Bertz CT molecular complexity index is 438. The molecule has 3 heteroatoms. The first-order valence-corrected chi connectivity index (χ1v) is 4.42. The second-order valence-corrected chi connectivity index (χ2v) is 3.09. The molecule has 0 amide bonds. The number of aromatic nitrogens is 2. The molecule has 0 atom stereocenters. The van der Waals surface area contributed by atoms with Crippen molar-refractivity contribution in [2.24, 2.45) is 0 Å².